The average Bonchev–Trinajstić information content (AvgIpc) is 3.65. The van der Waals surface area contributed by atoms with Gasteiger partial charge in [0.05, 0.1) is 27.6 Å². The number of methoxy groups -OCH3 is 3. The molecule has 8 nitrogen and oxygen atoms in total. The van der Waals surface area contributed by atoms with E-state index >= 15 is 0 Å². The summed E-state index contributed by atoms with van der Waals surface area (Å²) in [6, 6.07) is 15.5. The summed E-state index contributed by atoms with van der Waals surface area (Å²) < 4.78 is 21.6. The quantitative estimate of drug-likeness (QED) is 0.402. The molecule has 0 bridgehead atoms. The maximum absolute atomic E-state index is 13.8. The van der Waals surface area contributed by atoms with Gasteiger partial charge in [-0.2, -0.15) is 0 Å². The van der Waals surface area contributed by atoms with Crippen molar-refractivity contribution in [2.24, 2.45) is 0 Å². The predicted molar refractivity (Wildman–Crippen MR) is 139 cm³/mol. The zero-order chi connectivity index (χ0) is 26.2. The monoisotopic (exact) mass is 506 g/mol. The highest BCUT2D eigenvalue weighted by Gasteiger charge is 2.34. The van der Waals surface area contributed by atoms with Gasteiger partial charge in [0.25, 0.3) is 5.91 Å². The third kappa shape index (κ3) is 6.25. The van der Waals surface area contributed by atoms with Crippen molar-refractivity contribution in [1.82, 2.24) is 10.2 Å². The first kappa shape index (κ1) is 26.1. The van der Waals surface area contributed by atoms with Crippen LogP contribution in [0.2, 0.25) is 0 Å². The molecule has 1 aromatic heterocycles. The molecular weight excluding hydrogens is 472 g/mol. The molecule has 4 rings (SSSR count). The Balaban J connectivity index is 1.68. The van der Waals surface area contributed by atoms with Crippen molar-refractivity contribution in [2.45, 2.75) is 44.2 Å². The van der Waals surface area contributed by atoms with Crippen LogP contribution >= 0.6 is 0 Å². The van der Waals surface area contributed by atoms with Gasteiger partial charge in [0, 0.05) is 12.6 Å². The van der Waals surface area contributed by atoms with E-state index < -0.39 is 6.04 Å². The molecule has 8 heteroatoms. The number of nitrogens with zero attached hydrogens (tertiary/aromatic N) is 1. The summed E-state index contributed by atoms with van der Waals surface area (Å²) in [7, 11) is 4.76. The molecule has 0 saturated heterocycles. The van der Waals surface area contributed by atoms with E-state index in [9.17, 15) is 9.59 Å². The van der Waals surface area contributed by atoms with Crippen molar-refractivity contribution in [2.75, 3.05) is 27.9 Å². The lowest BCUT2D eigenvalue weighted by molar-refractivity contribution is -0.126. The normalized spacial score (nSPS) is 14.1. The molecule has 1 saturated carbocycles. The number of benzene rings is 2. The van der Waals surface area contributed by atoms with E-state index in [0.717, 1.165) is 31.2 Å². The van der Waals surface area contributed by atoms with E-state index in [1.54, 1.807) is 50.5 Å². The maximum Gasteiger partial charge on any atom is 0.290 e. The first-order valence-electron chi connectivity index (χ1n) is 12.5. The summed E-state index contributed by atoms with van der Waals surface area (Å²) >= 11 is 0. The number of nitrogens with one attached hydrogen (secondary N) is 1. The molecule has 37 heavy (non-hydrogen) atoms. The third-order valence-electron chi connectivity index (χ3n) is 6.78. The Kier molecular flexibility index (Phi) is 8.72. The van der Waals surface area contributed by atoms with Gasteiger partial charge in [0.15, 0.2) is 17.3 Å². The topological polar surface area (TPSA) is 90.2 Å². The first-order chi connectivity index (χ1) is 18.0. The summed E-state index contributed by atoms with van der Waals surface area (Å²) in [6.07, 6.45) is 6.02. The van der Waals surface area contributed by atoms with Gasteiger partial charge in [-0.1, -0.05) is 31.0 Å². The van der Waals surface area contributed by atoms with Gasteiger partial charge >= 0.3 is 0 Å². The first-order valence-corrected chi connectivity index (χ1v) is 12.5. The lowest BCUT2D eigenvalue weighted by Gasteiger charge is -2.32. The van der Waals surface area contributed by atoms with Gasteiger partial charge in [-0.05, 0) is 66.8 Å². The van der Waals surface area contributed by atoms with Crippen LogP contribution in [-0.4, -0.2) is 50.6 Å². The molecule has 0 spiro atoms. The second-order valence-corrected chi connectivity index (χ2v) is 9.08. The number of hydrogen-bond donors (Lipinski definition) is 1. The number of rotatable bonds is 11. The minimum absolute atomic E-state index is 0.111. The van der Waals surface area contributed by atoms with Crippen molar-refractivity contribution in [3.05, 3.63) is 77.7 Å². The van der Waals surface area contributed by atoms with E-state index in [2.05, 4.69) is 5.32 Å². The molecule has 1 N–H and O–H groups in total. The van der Waals surface area contributed by atoms with Crippen LogP contribution in [-0.2, 0) is 11.2 Å². The van der Waals surface area contributed by atoms with Crippen LogP contribution in [0.4, 0.5) is 0 Å². The fourth-order valence-corrected chi connectivity index (χ4v) is 4.78. The van der Waals surface area contributed by atoms with Gasteiger partial charge in [-0.3, -0.25) is 9.59 Å². The second kappa shape index (κ2) is 12.3. The summed E-state index contributed by atoms with van der Waals surface area (Å²) in [5.74, 6) is 1.53. The molecule has 3 aromatic rings. The number of furan rings is 1. The van der Waals surface area contributed by atoms with Crippen LogP contribution in [0.1, 0.15) is 53.4 Å². The highest BCUT2D eigenvalue weighted by molar-refractivity contribution is 5.96. The SMILES string of the molecule is COc1ccc([C@@H](C(=O)NC2CCCC2)N(CCc2ccc(OC)c(OC)c2)C(=O)c2ccco2)cc1. The Morgan fingerprint density at radius 2 is 1.70 bits per heavy atom. The lowest BCUT2D eigenvalue weighted by Crippen LogP contribution is -2.46. The molecule has 196 valence electrons. The van der Waals surface area contributed by atoms with Crippen LogP contribution in [0.15, 0.2) is 65.3 Å². The minimum Gasteiger partial charge on any atom is -0.497 e. The van der Waals surface area contributed by atoms with Gasteiger partial charge in [-0.15, -0.1) is 0 Å². The molecule has 0 unspecified atom stereocenters. The largest absolute Gasteiger partial charge is 0.497 e. The van der Waals surface area contributed by atoms with Gasteiger partial charge in [0.2, 0.25) is 5.91 Å². The van der Waals surface area contributed by atoms with Gasteiger partial charge < -0.3 is 28.8 Å². The van der Waals surface area contributed by atoms with E-state index in [0.29, 0.717) is 29.2 Å². The van der Waals surface area contributed by atoms with Gasteiger partial charge in [0.1, 0.15) is 11.8 Å². The Morgan fingerprint density at radius 1 is 0.973 bits per heavy atom. The molecule has 1 aliphatic carbocycles. The minimum atomic E-state index is -0.843. The zero-order valence-corrected chi connectivity index (χ0v) is 21.6. The standard InChI is InChI=1S/C29H34N2O6/c1-34-23-13-11-21(12-14-23)27(28(32)30-22-7-4-5-8-22)31(29(33)25-9-6-18-37-25)17-16-20-10-15-24(35-2)26(19-20)36-3/h6,9-15,18-19,22,27H,4-5,7-8,16-17H2,1-3H3,(H,30,32)/t27-/m0/s1. The summed E-state index contributed by atoms with van der Waals surface area (Å²) in [6.45, 7) is 0.282. The second-order valence-electron chi connectivity index (χ2n) is 9.08. The predicted octanol–water partition coefficient (Wildman–Crippen LogP) is 4.79. The Morgan fingerprint density at radius 3 is 2.32 bits per heavy atom. The van der Waals surface area contributed by atoms with Crippen LogP contribution in [0.3, 0.4) is 0 Å². The average molecular weight is 507 g/mol. The van der Waals surface area contributed by atoms with Crippen LogP contribution in [0, 0.1) is 0 Å². The zero-order valence-electron chi connectivity index (χ0n) is 21.6. The Hall–Kier alpha value is -3.94. The van der Waals surface area contributed by atoms with Crippen molar-refractivity contribution in [3.63, 3.8) is 0 Å². The molecular formula is C29H34N2O6. The molecule has 1 heterocycles. The third-order valence-corrected chi connectivity index (χ3v) is 6.78. The number of hydrogen-bond acceptors (Lipinski definition) is 6. The van der Waals surface area contributed by atoms with Crippen LogP contribution in [0.5, 0.6) is 17.2 Å². The van der Waals surface area contributed by atoms with E-state index in [1.165, 1.54) is 6.26 Å². The fraction of sp³-hybridized carbons (Fsp3) is 0.379. The molecule has 2 aromatic carbocycles. The number of carbonyl (C=O) groups is 2. The lowest BCUT2D eigenvalue weighted by atomic mass is 10.0. The van der Waals surface area contributed by atoms with Crippen molar-refractivity contribution in [3.8, 4) is 17.2 Å². The molecule has 1 fully saturated rings. The molecule has 0 aliphatic heterocycles. The molecule has 0 radical (unpaired) electrons. The summed E-state index contributed by atoms with van der Waals surface area (Å²) in [5, 5.41) is 3.19. The van der Waals surface area contributed by atoms with Crippen molar-refractivity contribution < 1.29 is 28.2 Å². The highest BCUT2D eigenvalue weighted by Crippen LogP contribution is 2.30. The molecule has 2 amide bonds. The molecule has 1 aliphatic rings. The number of ether oxygens (including phenoxy) is 3. The highest BCUT2D eigenvalue weighted by atomic mass is 16.5. The Labute approximate surface area is 217 Å². The smallest absolute Gasteiger partial charge is 0.290 e. The Bertz CT molecular complexity index is 1170. The van der Waals surface area contributed by atoms with E-state index in [1.807, 2.05) is 30.3 Å². The molecule has 1 atom stereocenters. The van der Waals surface area contributed by atoms with Crippen LogP contribution in [0.25, 0.3) is 0 Å². The van der Waals surface area contributed by atoms with Crippen molar-refractivity contribution >= 4 is 11.8 Å². The number of carbonyl (C=O) groups excluding carboxylic acids is 2. The van der Waals surface area contributed by atoms with E-state index in [-0.39, 0.29) is 30.2 Å². The van der Waals surface area contributed by atoms with E-state index in [4.69, 9.17) is 18.6 Å². The van der Waals surface area contributed by atoms with Gasteiger partial charge in [-0.25, -0.2) is 0 Å². The summed E-state index contributed by atoms with van der Waals surface area (Å²) in [4.78, 5) is 29.1. The number of amides is 2. The summed E-state index contributed by atoms with van der Waals surface area (Å²) in [5.41, 5.74) is 1.64. The van der Waals surface area contributed by atoms with Crippen LogP contribution < -0.4 is 19.5 Å². The van der Waals surface area contributed by atoms with Crippen molar-refractivity contribution in [1.29, 1.82) is 0 Å². The fourth-order valence-electron chi connectivity index (χ4n) is 4.78. The maximum atomic E-state index is 13.8.